The average Bonchev–Trinajstić information content (AvgIpc) is 2.73. The molecular formula is C22H24N2O4S. The van der Waals surface area contributed by atoms with Crippen molar-refractivity contribution in [2.75, 3.05) is 11.3 Å². The van der Waals surface area contributed by atoms with Crippen LogP contribution < -0.4 is 4.72 Å². The highest BCUT2D eigenvalue weighted by molar-refractivity contribution is 7.93. The number of aromatic nitrogens is 1. The van der Waals surface area contributed by atoms with Crippen LogP contribution in [-0.4, -0.2) is 26.0 Å². The lowest BCUT2D eigenvalue weighted by Gasteiger charge is -2.10. The molecule has 0 radical (unpaired) electrons. The summed E-state index contributed by atoms with van der Waals surface area (Å²) in [7, 11) is -3.82. The van der Waals surface area contributed by atoms with Gasteiger partial charge in [-0.2, -0.15) is 0 Å². The van der Waals surface area contributed by atoms with Crippen molar-refractivity contribution in [3.8, 4) is 0 Å². The maximum atomic E-state index is 12.8. The van der Waals surface area contributed by atoms with E-state index in [-0.39, 0.29) is 4.90 Å². The lowest BCUT2D eigenvalue weighted by molar-refractivity contribution is 0.0498. The van der Waals surface area contributed by atoms with E-state index in [2.05, 4.69) is 16.6 Å². The number of hydrogen-bond acceptors (Lipinski definition) is 5. The van der Waals surface area contributed by atoms with Crippen molar-refractivity contribution in [3.63, 3.8) is 0 Å². The third-order valence-electron chi connectivity index (χ3n) is 4.49. The molecule has 0 amide bonds. The summed E-state index contributed by atoms with van der Waals surface area (Å²) in [6.45, 7) is 2.51. The molecule has 0 aliphatic carbocycles. The van der Waals surface area contributed by atoms with E-state index in [1.54, 1.807) is 42.6 Å². The van der Waals surface area contributed by atoms with Gasteiger partial charge in [0.1, 0.15) is 4.90 Å². The van der Waals surface area contributed by atoms with Gasteiger partial charge >= 0.3 is 5.97 Å². The fourth-order valence-electron chi connectivity index (χ4n) is 2.95. The van der Waals surface area contributed by atoms with Gasteiger partial charge in [-0.1, -0.05) is 44.4 Å². The predicted octanol–water partition coefficient (Wildman–Crippen LogP) is 4.77. The minimum atomic E-state index is -3.82. The van der Waals surface area contributed by atoms with E-state index in [9.17, 15) is 13.2 Å². The average molecular weight is 413 g/mol. The van der Waals surface area contributed by atoms with Gasteiger partial charge in [-0.3, -0.25) is 9.71 Å². The Kier molecular flexibility index (Phi) is 6.82. The number of sulfonamides is 1. The van der Waals surface area contributed by atoms with Crippen LogP contribution >= 0.6 is 0 Å². The number of fused-ring (bicyclic) bond motifs is 1. The summed E-state index contributed by atoms with van der Waals surface area (Å²) >= 11 is 0. The quantitative estimate of drug-likeness (QED) is 0.404. The van der Waals surface area contributed by atoms with Gasteiger partial charge in [0.05, 0.1) is 17.7 Å². The molecule has 3 aromatic rings. The van der Waals surface area contributed by atoms with E-state index < -0.39 is 16.0 Å². The number of ether oxygens (including phenoxy) is 1. The molecule has 7 heteroatoms. The largest absolute Gasteiger partial charge is 0.462 e. The highest BCUT2D eigenvalue weighted by Gasteiger charge is 2.18. The molecule has 29 heavy (non-hydrogen) atoms. The Morgan fingerprint density at radius 3 is 2.52 bits per heavy atom. The van der Waals surface area contributed by atoms with E-state index in [1.165, 1.54) is 6.07 Å². The molecule has 0 bridgehead atoms. The van der Waals surface area contributed by atoms with Crippen LogP contribution in [-0.2, 0) is 14.8 Å². The second kappa shape index (κ2) is 9.52. The summed E-state index contributed by atoms with van der Waals surface area (Å²) in [6, 6.07) is 14.8. The first kappa shape index (κ1) is 20.8. The molecule has 6 nitrogen and oxygen atoms in total. The number of nitrogens with one attached hydrogen (secondary N) is 1. The van der Waals surface area contributed by atoms with Crippen molar-refractivity contribution < 1.29 is 17.9 Å². The number of pyridine rings is 1. The van der Waals surface area contributed by atoms with E-state index in [0.29, 0.717) is 23.4 Å². The Morgan fingerprint density at radius 2 is 1.76 bits per heavy atom. The van der Waals surface area contributed by atoms with Crippen LogP contribution in [0.1, 0.15) is 43.0 Å². The van der Waals surface area contributed by atoms with Crippen molar-refractivity contribution in [1.82, 2.24) is 4.98 Å². The minimum absolute atomic E-state index is 0.103. The van der Waals surface area contributed by atoms with Crippen molar-refractivity contribution in [1.29, 1.82) is 0 Å². The van der Waals surface area contributed by atoms with Crippen LogP contribution in [0.15, 0.2) is 65.7 Å². The third-order valence-corrected chi connectivity index (χ3v) is 5.90. The monoisotopic (exact) mass is 412 g/mol. The third kappa shape index (κ3) is 5.32. The van der Waals surface area contributed by atoms with Gasteiger partial charge in [-0.05, 0) is 42.8 Å². The van der Waals surface area contributed by atoms with Gasteiger partial charge in [0.15, 0.2) is 0 Å². The second-order valence-electron chi connectivity index (χ2n) is 6.71. The Hall–Kier alpha value is -2.93. The van der Waals surface area contributed by atoms with Crippen LogP contribution in [0.25, 0.3) is 10.9 Å². The Labute approximate surface area is 171 Å². The summed E-state index contributed by atoms with van der Waals surface area (Å²) in [5.41, 5.74) is 1.15. The van der Waals surface area contributed by atoms with Gasteiger partial charge in [-0.25, -0.2) is 13.2 Å². The topological polar surface area (TPSA) is 85.4 Å². The summed E-state index contributed by atoms with van der Waals surface area (Å²) in [6.07, 6.45) is 5.69. The van der Waals surface area contributed by atoms with Gasteiger partial charge < -0.3 is 4.74 Å². The van der Waals surface area contributed by atoms with E-state index in [4.69, 9.17) is 4.74 Å². The number of carbonyl (C=O) groups is 1. The van der Waals surface area contributed by atoms with Gasteiger partial charge in [0.2, 0.25) is 0 Å². The first-order valence-corrected chi connectivity index (χ1v) is 11.1. The number of anilines is 1. The minimum Gasteiger partial charge on any atom is -0.462 e. The molecule has 3 rings (SSSR count). The number of nitrogens with zero attached hydrogens (tertiary/aromatic N) is 1. The summed E-state index contributed by atoms with van der Waals surface area (Å²) in [4.78, 5) is 16.4. The van der Waals surface area contributed by atoms with Crippen molar-refractivity contribution in [2.45, 2.75) is 37.5 Å². The van der Waals surface area contributed by atoms with Crippen LogP contribution in [0.5, 0.6) is 0 Å². The first-order valence-electron chi connectivity index (χ1n) is 9.65. The fraction of sp³-hybridized carbons (Fsp3) is 0.273. The molecule has 1 heterocycles. The number of hydrogen-bond donors (Lipinski definition) is 1. The lowest BCUT2D eigenvalue weighted by atomic mass is 10.2. The fourth-order valence-corrected chi connectivity index (χ4v) is 4.19. The smallest absolute Gasteiger partial charge is 0.338 e. The molecule has 0 unspecified atom stereocenters. The zero-order chi connectivity index (χ0) is 20.7. The van der Waals surface area contributed by atoms with Crippen LogP contribution in [0.3, 0.4) is 0 Å². The van der Waals surface area contributed by atoms with Crippen LogP contribution in [0.4, 0.5) is 5.69 Å². The van der Waals surface area contributed by atoms with Crippen LogP contribution in [0.2, 0.25) is 0 Å². The van der Waals surface area contributed by atoms with Gasteiger partial charge in [0.25, 0.3) is 10.0 Å². The summed E-state index contributed by atoms with van der Waals surface area (Å²) in [5.74, 6) is -0.408. The number of esters is 1. The lowest BCUT2D eigenvalue weighted by Crippen LogP contribution is -2.14. The number of unbranched alkanes of at least 4 members (excludes halogenated alkanes) is 3. The number of benzene rings is 2. The zero-order valence-corrected chi connectivity index (χ0v) is 17.1. The van der Waals surface area contributed by atoms with Crippen molar-refractivity contribution >= 4 is 32.6 Å². The maximum absolute atomic E-state index is 12.8. The Morgan fingerprint density at radius 1 is 1.00 bits per heavy atom. The molecule has 1 N–H and O–H groups in total. The molecule has 2 aromatic carbocycles. The normalized spacial score (nSPS) is 11.3. The van der Waals surface area contributed by atoms with Crippen molar-refractivity contribution in [3.05, 3.63) is 66.4 Å². The number of carbonyl (C=O) groups excluding carboxylic acids is 1. The van der Waals surface area contributed by atoms with E-state index in [0.717, 1.165) is 31.1 Å². The SMILES string of the molecule is CCCCCCOC(=O)c1ccc(NS(=O)(=O)c2cccc3cccnc23)cc1. The van der Waals surface area contributed by atoms with E-state index >= 15 is 0 Å². The zero-order valence-electron chi connectivity index (χ0n) is 16.3. The van der Waals surface area contributed by atoms with Gasteiger partial charge in [-0.15, -0.1) is 0 Å². The molecule has 0 saturated carbocycles. The molecule has 0 aliphatic rings. The Balaban J connectivity index is 1.68. The maximum Gasteiger partial charge on any atom is 0.338 e. The molecule has 0 fully saturated rings. The molecular weight excluding hydrogens is 388 g/mol. The first-order chi connectivity index (χ1) is 14.0. The summed E-state index contributed by atoms with van der Waals surface area (Å²) in [5, 5.41) is 0.743. The second-order valence-corrected chi connectivity index (χ2v) is 8.36. The number of rotatable bonds is 9. The van der Waals surface area contributed by atoms with Gasteiger partial charge in [0, 0.05) is 17.3 Å². The highest BCUT2D eigenvalue weighted by Crippen LogP contribution is 2.23. The van der Waals surface area contributed by atoms with Crippen LogP contribution in [0, 0.1) is 0 Å². The predicted molar refractivity (Wildman–Crippen MR) is 113 cm³/mol. The molecule has 1 aromatic heterocycles. The molecule has 0 aliphatic heterocycles. The molecule has 0 saturated heterocycles. The Bertz CT molecular complexity index is 1070. The number of para-hydroxylation sites is 1. The standard InChI is InChI=1S/C22H24N2O4S/c1-2-3-4-5-16-28-22(25)18-11-13-19(14-12-18)24-29(26,27)20-10-6-8-17-9-7-15-23-21(17)20/h6-15,24H,2-5,16H2,1H3. The molecule has 0 atom stereocenters. The molecule has 152 valence electrons. The van der Waals surface area contributed by atoms with Crippen molar-refractivity contribution in [2.24, 2.45) is 0 Å². The highest BCUT2D eigenvalue weighted by atomic mass is 32.2. The summed E-state index contributed by atoms with van der Waals surface area (Å²) < 4.78 is 33.4. The van der Waals surface area contributed by atoms with E-state index in [1.807, 2.05) is 12.1 Å². The molecule has 0 spiro atoms.